The summed E-state index contributed by atoms with van der Waals surface area (Å²) in [5, 5.41) is 25.1. The van der Waals surface area contributed by atoms with E-state index in [4.69, 9.17) is 5.73 Å². The van der Waals surface area contributed by atoms with Gasteiger partial charge in [-0.2, -0.15) is 10.2 Å². The van der Waals surface area contributed by atoms with Crippen LogP contribution in [0.25, 0.3) is 21.8 Å². The molecule has 0 aliphatic heterocycles. The minimum absolute atomic E-state index is 0.0845. The van der Waals surface area contributed by atoms with Gasteiger partial charge < -0.3 is 5.73 Å². The molecule has 0 aliphatic rings. The van der Waals surface area contributed by atoms with Crippen LogP contribution >= 0.6 is 0 Å². The average Bonchev–Trinajstić information content (AvgIpc) is 3.16. The normalized spacial score (nSPS) is 10.4. The second-order valence-corrected chi connectivity index (χ2v) is 4.54. The van der Waals surface area contributed by atoms with Crippen molar-refractivity contribution in [2.75, 3.05) is 5.73 Å². The van der Waals surface area contributed by atoms with Gasteiger partial charge in [0.25, 0.3) is 5.69 Å². The Morgan fingerprint density at radius 3 is 2.18 bits per heavy atom. The third-order valence-corrected chi connectivity index (χ3v) is 3.18. The number of aromatic nitrogens is 4. The van der Waals surface area contributed by atoms with Gasteiger partial charge in [0.1, 0.15) is 0 Å². The van der Waals surface area contributed by atoms with Crippen molar-refractivity contribution in [2.24, 2.45) is 0 Å². The number of aromatic amines is 2. The summed E-state index contributed by atoms with van der Waals surface area (Å²) in [6.45, 7) is 0. The molecule has 0 aliphatic carbocycles. The number of nitrogens with zero attached hydrogens (tertiary/aromatic N) is 3. The van der Waals surface area contributed by atoms with Crippen LogP contribution in [0.1, 0.15) is 0 Å². The first-order chi connectivity index (χ1) is 10.7. The Kier molecular flexibility index (Phi) is 3.40. The summed E-state index contributed by atoms with van der Waals surface area (Å²) in [7, 11) is 0. The molecule has 0 bridgehead atoms. The van der Waals surface area contributed by atoms with Gasteiger partial charge in [-0.15, -0.1) is 0 Å². The van der Waals surface area contributed by atoms with Crippen LogP contribution in [-0.4, -0.2) is 25.3 Å². The van der Waals surface area contributed by atoms with Crippen LogP contribution in [0.5, 0.6) is 0 Å². The second-order valence-electron chi connectivity index (χ2n) is 4.54. The van der Waals surface area contributed by atoms with Crippen molar-refractivity contribution in [2.45, 2.75) is 0 Å². The number of nitrogens with one attached hydrogen (secondary N) is 2. The average molecular weight is 296 g/mol. The summed E-state index contributed by atoms with van der Waals surface area (Å²) < 4.78 is 0. The third kappa shape index (κ3) is 2.44. The lowest BCUT2D eigenvalue weighted by molar-refractivity contribution is -0.383. The van der Waals surface area contributed by atoms with Crippen LogP contribution in [-0.2, 0) is 0 Å². The number of anilines is 1. The van der Waals surface area contributed by atoms with E-state index in [1.54, 1.807) is 18.3 Å². The topological polar surface area (TPSA) is 127 Å². The number of nitro benzene ring substituents is 1. The predicted octanol–water partition coefficient (Wildman–Crippen LogP) is 2.62. The number of H-pyrrole nitrogens is 2. The van der Waals surface area contributed by atoms with Crippen LogP contribution in [0.3, 0.4) is 0 Å². The Hall–Kier alpha value is -3.42. The summed E-state index contributed by atoms with van der Waals surface area (Å²) in [5.74, 6) is 0. The molecule has 0 unspecified atom stereocenters. The summed E-state index contributed by atoms with van der Waals surface area (Å²) in [6, 6.07) is 10.5. The molecule has 4 aromatic rings. The van der Waals surface area contributed by atoms with Crippen molar-refractivity contribution < 1.29 is 4.92 Å². The number of hydrogen-bond acceptors (Lipinski definition) is 5. The number of nitrogen functional groups attached to an aromatic ring is 1. The van der Waals surface area contributed by atoms with Crippen LogP contribution in [0.15, 0.2) is 48.8 Å². The zero-order valence-corrected chi connectivity index (χ0v) is 11.4. The number of rotatable bonds is 1. The van der Waals surface area contributed by atoms with Crippen molar-refractivity contribution >= 4 is 33.2 Å². The van der Waals surface area contributed by atoms with Gasteiger partial charge in [0.2, 0.25) is 0 Å². The first kappa shape index (κ1) is 13.6. The molecule has 0 saturated heterocycles. The maximum atomic E-state index is 10.5. The molecular weight excluding hydrogens is 284 g/mol. The fourth-order valence-electron chi connectivity index (χ4n) is 2.10. The predicted molar refractivity (Wildman–Crippen MR) is 83.3 cm³/mol. The Morgan fingerprint density at radius 1 is 0.955 bits per heavy atom. The molecule has 4 rings (SSSR count). The van der Waals surface area contributed by atoms with E-state index in [9.17, 15) is 10.1 Å². The molecule has 0 radical (unpaired) electrons. The maximum absolute atomic E-state index is 10.5. The van der Waals surface area contributed by atoms with E-state index in [-0.39, 0.29) is 5.69 Å². The molecule has 2 aromatic heterocycles. The minimum Gasteiger partial charge on any atom is -0.398 e. The van der Waals surface area contributed by atoms with Gasteiger partial charge in [-0.05, 0) is 18.2 Å². The highest BCUT2D eigenvalue weighted by atomic mass is 16.6. The molecule has 2 heterocycles. The molecule has 22 heavy (non-hydrogen) atoms. The smallest absolute Gasteiger partial charge is 0.280 e. The summed E-state index contributed by atoms with van der Waals surface area (Å²) in [6.07, 6.45) is 3.18. The standard InChI is InChI=1S/C7H5N3O2.C7H7N3/c11-10(12)7-3-1-2-6-5(7)4-8-9-6;8-6-2-1-3-7-5(6)4-9-10-7/h1-4H,(H,8,9);1-4H,8H2,(H,9,10). The molecule has 0 saturated carbocycles. The van der Waals surface area contributed by atoms with Gasteiger partial charge in [-0.1, -0.05) is 12.1 Å². The van der Waals surface area contributed by atoms with E-state index in [0.717, 1.165) is 16.6 Å². The largest absolute Gasteiger partial charge is 0.398 e. The molecule has 110 valence electrons. The Morgan fingerprint density at radius 2 is 1.55 bits per heavy atom. The third-order valence-electron chi connectivity index (χ3n) is 3.18. The van der Waals surface area contributed by atoms with Gasteiger partial charge in [0.05, 0.1) is 33.7 Å². The molecule has 0 amide bonds. The zero-order chi connectivity index (χ0) is 15.5. The molecule has 2 aromatic carbocycles. The molecule has 0 fully saturated rings. The fraction of sp³-hybridized carbons (Fsp3) is 0. The van der Waals surface area contributed by atoms with Crippen LogP contribution in [0, 0.1) is 10.1 Å². The zero-order valence-electron chi connectivity index (χ0n) is 11.4. The highest BCUT2D eigenvalue weighted by molar-refractivity contribution is 5.89. The van der Waals surface area contributed by atoms with Gasteiger partial charge in [0, 0.05) is 17.1 Å². The molecule has 0 spiro atoms. The van der Waals surface area contributed by atoms with Crippen molar-refractivity contribution in [3.8, 4) is 0 Å². The monoisotopic (exact) mass is 296 g/mol. The van der Waals surface area contributed by atoms with Crippen LogP contribution in [0.4, 0.5) is 11.4 Å². The SMILES string of the molecule is Nc1cccc2[nH]ncc12.O=[N+]([O-])c1cccc2[nH]ncc12. The van der Waals surface area contributed by atoms with E-state index >= 15 is 0 Å². The number of benzene rings is 2. The number of fused-ring (bicyclic) bond motifs is 2. The Labute approximate surface area is 124 Å². The van der Waals surface area contributed by atoms with E-state index in [1.165, 1.54) is 12.3 Å². The fourth-order valence-corrected chi connectivity index (χ4v) is 2.10. The molecule has 8 nitrogen and oxygen atoms in total. The minimum atomic E-state index is -0.419. The van der Waals surface area contributed by atoms with Crippen molar-refractivity contribution in [1.82, 2.24) is 20.4 Å². The molecule has 4 N–H and O–H groups in total. The first-order valence-electron chi connectivity index (χ1n) is 6.41. The molecule has 8 heteroatoms. The van der Waals surface area contributed by atoms with E-state index in [1.807, 2.05) is 18.2 Å². The number of non-ortho nitro benzene ring substituents is 1. The van der Waals surface area contributed by atoms with Gasteiger partial charge in [-0.3, -0.25) is 20.3 Å². The van der Waals surface area contributed by atoms with Crippen LogP contribution < -0.4 is 5.73 Å². The van der Waals surface area contributed by atoms with E-state index in [0.29, 0.717) is 10.9 Å². The summed E-state index contributed by atoms with van der Waals surface area (Å²) in [5.41, 5.74) is 8.17. The van der Waals surface area contributed by atoms with Crippen molar-refractivity contribution in [3.63, 3.8) is 0 Å². The van der Waals surface area contributed by atoms with Crippen molar-refractivity contribution in [1.29, 1.82) is 0 Å². The number of nitro groups is 1. The highest BCUT2D eigenvalue weighted by Crippen LogP contribution is 2.22. The number of hydrogen-bond donors (Lipinski definition) is 3. The molecule has 0 atom stereocenters. The lowest BCUT2D eigenvalue weighted by Crippen LogP contribution is -1.87. The maximum Gasteiger partial charge on any atom is 0.280 e. The number of nitrogens with two attached hydrogens (primary N) is 1. The van der Waals surface area contributed by atoms with Gasteiger partial charge in [0.15, 0.2) is 0 Å². The first-order valence-corrected chi connectivity index (χ1v) is 6.41. The highest BCUT2D eigenvalue weighted by Gasteiger charge is 2.11. The summed E-state index contributed by atoms with van der Waals surface area (Å²) >= 11 is 0. The lowest BCUT2D eigenvalue weighted by Gasteiger charge is -1.91. The lowest BCUT2D eigenvalue weighted by atomic mass is 10.2. The van der Waals surface area contributed by atoms with Gasteiger partial charge >= 0.3 is 0 Å². The van der Waals surface area contributed by atoms with E-state index in [2.05, 4.69) is 20.4 Å². The van der Waals surface area contributed by atoms with E-state index < -0.39 is 4.92 Å². The van der Waals surface area contributed by atoms with Crippen LogP contribution in [0.2, 0.25) is 0 Å². The summed E-state index contributed by atoms with van der Waals surface area (Å²) in [4.78, 5) is 10.1. The Balaban J connectivity index is 0.000000133. The second kappa shape index (κ2) is 5.52. The molecular formula is C14H12N6O2. The van der Waals surface area contributed by atoms with Crippen molar-refractivity contribution in [3.05, 3.63) is 58.9 Å². The Bertz CT molecular complexity index is 942. The quantitative estimate of drug-likeness (QED) is 0.283. The van der Waals surface area contributed by atoms with Gasteiger partial charge in [-0.25, -0.2) is 0 Å².